The van der Waals surface area contributed by atoms with Crippen molar-refractivity contribution >= 4 is 51.6 Å². The summed E-state index contributed by atoms with van der Waals surface area (Å²) >= 11 is 0. The van der Waals surface area contributed by atoms with E-state index in [1.165, 1.54) is 0 Å². The van der Waals surface area contributed by atoms with Gasteiger partial charge in [0, 0.05) is 12.4 Å². The fourth-order valence-corrected chi connectivity index (χ4v) is 5.36. The van der Waals surface area contributed by atoms with Crippen LogP contribution in [-0.4, -0.2) is 115 Å². The molecule has 1 aliphatic rings. The summed E-state index contributed by atoms with van der Waals surface area (Å²) in [5, 5.41) is 33.2. The van der Waals surface area contributed by atoms with Gasteiger partial charge in [-0.1, -0.05) is 0 Å². The Morgan fingerprint density at radius 1 is 1.09 bits per heavy atom. The SMILES string of the molecule is CC(=O)[O-].COC(=O)C(CC[S+](C)C[C@H]1O[C@@H](n2cnc3c(NC(=O)C(F)(F)F)ncnc32)[C@H](O)[C@@H]1O)NC(=O)C(F)(F)F. The molecule has 0 aromatic carbocycles. The van der Waals surface area contributed by atoms with Gasteiger partial charge < -0.3 is 40.2 Å². The molecule has 0 saturated carbocycles. The van der Waals surface area contributed by atoms with Crippen LogP contribution in [0.3, 0.4) is 0 Å². The number of amides is 2. The summed E-state index contributed by atoms with van der Waals surface area (Å²) in [6.45, 7) is 0.972. The molecular weight excluding hydrogens is 638 g/mol. The lowest BCUT2D eigenvalue weighted by atomic mass is 10.1. The molecule has 3 heterocycles. The first kappa shape index (κ1) is 36.4. The average molecular weight is 665 g/mol. The van der Waals surface area contributed by atoms with Crippen molar-refractivity contribution in [2.45, 2.75) is 56.3 Å². The van der Waals surface area contributed by atoms with Crippen molar-refractivity contribution in [3.05, 3.63) is 12.7 Å². The van der Waals surface area contributed by atoms with Gasteiger partial charge in [-0.3, -0.25) is 14.2 Å². The van der Waals surface area contributed by atoms with E-state index in [2.05, 4.69) is 19.7 Å². The van der Waals surface area contributed by atoms with E-state index in [1.807, 2.05) is 0 Å². The highest BCUT2D eigenvalue weighted by atomic mass is 32.2. The molecule has 246 valence electrons. The van der Waals surface area contributed by atoms with Gasteiger partial charge in [0.2, 0.25) is 0 Å². The molecular formula is C22H26F6N6O9S. The van der Waals surface area contributed by atoms with Gasteiger partial charge in [-0.05, 0) is 17.8 Å². The van der Waals surface area contributed by atoms with Crippen LogP contribution in [0.25, 0.3) is 11.2 Å². The van der Waals surface area contributed by atoms with Gasteiger partial charge in [0.25, 0.3) is 0 Å². The molecule has 2 unspecified atom stereocenters. The van der Waals surface area contributed by atoms with E-state index < -0.39 is 83.4 Å². The molecule has 1 saturated heterocycles. The molecule has 1 aliphatic heterocycles. The van der Waals surface area contributed by atoms with Crippen LogP contribution in [0.5, 0.6) is 0 Å². The van der Waals surface area contributed by atoms with E-state index in [9.17, 15) is 50.9 Å². The van der Waals surface area contributed by atoms with Crippen molar-refractivity contribution in [2.24, 2.45) is 0 Å². The first-order chi connectivity index (χ1) is 20.3. The Hall–Kier alpha value is -3.76. The number of methoxy groups -OCH3 is 1. The lowest BCUT2D eigenvalue weighted by molar-refractivity contribution is -0.302. The Morgan fingerprint density at radius 2 is 1.68 bits per heavy atom. The van der Waals surface area contributed by atoms with E-state index in [0.29, 0.717) is 0 Å². The summed E-state index contributed by atoms with van der Waals surface area (Å²) in [6.07, 6.45) is -12.4. The molecule has 22 heteroatoms. The molecule has 15 nitrogen and oxygen atoms in total. The van der Waals surface area contributed by atoms with Crippen LogP contribution in [0.1, 0.15) is 19.6 Å². The Bertz CT molecular complexity index is 1340. The van der Waals surface area contributed by atoms with Crippen molar-refractivity contribution in [2.75, 3.05) is 30.2 Å². The molecule has 3 rings (SSSR count). The molecule has 0 aliphatic carbocycles. The number of fused-ring (bicyclic) bond motifs is 1. The van der Waals surface area contributed by atoms with E-state index in [4.69, 9.17) is 14.6 Å². The van der Waals surface area contributed by atoms with E-state index >= 15 is 0 Å². The number of halogens is 6. The second-order valence-electron chi connectivity index (χ2n) is 9.02. The van der Waals surface area contributed by atoms with Crippen LogP contribution in [0.15, 0.2) is 12.7 Å². The lowest BCUT2D eigenvalue weighted by Gasteiger charge is -2.18. The smallest absolute Gasteiger partial charge is 0.471 e. The molecule has 6 atom stereocenters. The van der Waals surface area contributed by atoms with Crippen LogP contribution in [0.4, 0.5) is 32.2 Å². The molecule has 2 amide bonds. The molecule has 0 bridgehead atoms. The largest absolute Gasteiger partial charge is 0.550 e. The fraction of sp³-hybridized carbons (Fsp3) is 0.591. The number of aliphatic hydroxyl groups excluding tert-OH is 2. The van der Waals surface area contributed by atoms with Crippen molar-refractivity contribution in [1.82, 2.24) is 24.8 Å². The number of hydrogen-bond donors (Lipinski definition) is 4. The number of carboxylic acids is 1. The number of aliphatic hydroxyl groups is 2. The Labute approximate surface area is 246 Å². The highest BCUT2D eigenvalue weighted by molar-refractivity contribution is 7.96. The molecule has 2 aromatic rings. The topological polar surface area (TPSA) is 218 Å². The van der Waals surface area contributed by atoms with Gasteiger partial charge >= 0.3 is 30.1 Å². The third kappa shape index (κ3) is 9.62. The zero-order chi connectivity index (χ0) is 33.6. The number of alkyl halides is 6. The van der Waals surface area contributed by atoms with Gasteiger partial charge in [-0.2, -0.15) is 26.3 Å². The van der Waals surface area contributed by atoms with Crippen molar-refractivity contribution in [1.29, 1.82) is 0 Å². The predicted octanol–water partition coefficient (Wildman–Crippen LogP) is -1.44. The average Bonchev–Trinajstić information content (AvgIpc) is 3.46. The van der Waals surface area contributed by atoms with Crippen molar-refractivity contribution in [3.63, 3.8) is 0 Å². The van der Waals surface area contributed by atoms with Crippen LogP contribution < -0.4 is 15.7 Å². The minimum atomic E-state index is -5.21. The minimum absolute atomic E-state index is 0.0738. The summed E-state index contributed by atoms with van der Waals surface area (Å²) in [5.41, 5.74) is -0.375. The number of imidazole rings is 1. The summed E-state index contributed by atoms with van der Waals surface area (Å²) in [4.78, 5) is 54.7. The van der Waals surface area contributed by atoms with E-state index in [0.717, 1.165) is 31.3 Å². The monoisotopic (exact) mass is 664 g/mol. The first-order valence-electron chi connectivity index (χ1n) is 12.1. The summed E-state index contributed by atoms with van der Waals surface area (Å²) < 4.78 is 87.0. The second-order valence-corrected chi connectivity index (χ2v) is 11.3. The molecule has 44 heavy (non-hydrogen) atoms. The number of esters is 1. The fourth-order valence-electron chi connectivity index (χ4n) is 3.72. The number of carbonyl (C=O) groups is 4. The molecule has 2 aromatic heterocycles. The zero-order valence-corrected chi connectivity index (χ0v) is 23.7. The van der Waals surface area contributed by atoms with Crippen LogP contribution >= 0.6 is 0 Å². The third-order valence-electron chi connectivity index (χ3n) is 5.71. The second kappa shape index (κ2) is 14.8. The number of ether oxygens (including phenoxy) is 2. The van der Waals surface area contributed by atoms with Crippen molar-refractivity contribution in [3.8, 4) is 0 Å². The molecule has 1 fully saturated rings. The molecule has 0 radical (unpaired) electrons. The number of anilines is 1. The first-order valence-corrected chi connectivity index (χ1v) is 14.0. The number of carboxylic acid groups (broad SMARTS) is 1. The third-order valence-corrected chi connectivity index (χ3v) is 7.54. The van der Waals surface area contributed by atoms with E-state index in [-0.39, 0.29) is 29.1 Å². The van der Waals surface area contributed by atoms with Gasteiger partial charge in [-0.15, -0.1) is 0 Å². The van der Waals surface area contributed by atoms with Gasteiger partial charge in [0.05, 0.1) is 19.7 Å². The quantitative estimate of drug-likeness (QED) is 0.138. The number of hydrogen-bond acceptors (Lipinski definition) is 12. The number of carbonyl (C=O) groups excluding carboxylic acids is 4. The number of rotatable bonds is 9. The summed E-state index contributed by atoms with van der Waals surface area (Å²) in [7, 11) is 0.228. The maximum atomic E-state index is 12.6. The number of aliphatic carboxylic acids is 1. The summed E-state index contributed by atoms with van der Waals surface area (Å²) in [5.74, 6) is -7.14. The number of nitrogens with one attached hydrogen (secondary N) is 2. The molecule has 0 spiro atoms. The number of aromatic nitrogens is 4. The van der Waals surface area contributed by atoms with Gasteiger partial charge in [-0.25, -0.2) is 19.7 Å². The summed E-state index contributed by atoms with van der Waals surface area (Å²) in [6, 6.07) is -1.58. The predicted molar refractivity (Wildman–Crippen MR) is 134 cm³/mol. The standard InChI is InChI=1S/C20H22F6N6O7S.C2H4O2/c1-38-16(35)8(30-17(36)19(21,22)23)3-4-40(2)5-9-11(33)12(34)15(39-9)32-7-29-10-13(27-6-28-14(10)32)31-18(37)20(24,25)26;1-2(3)4/h6-9,11-12,15,33-34H,3-5H2,1-2H3,(H-,27,28,30,31,36,37);1H3,(H,3,4)/t8?,9-,11-,12-,15-,40?;/m1./s1. The van der Waals surface area contributed by atoms with E-state index in [1.54, 1.807) is 16.9 Å². The van der Waals surface area contributed by atoms with Crippen molar-refractivity contribution < 1.29 is 70.3 Å². The molecule has 4 N–H and O–H groups in total. The highest BCUT2D eigenvalue weighted by Crippen LogP contribution is 2.33. The highest BCUT2D eigenvalue weighted by Gasteiger charge is 2.47. The maximum Gasteiger partial charge on any atom is 0.471 e. The Morgan fingerprint density at radius 3 is 2.23 bits per heavy atom. The Balaban J connectivity index is 0.00000159. The normalized spacial score (nSPS) is 21.5. The van der Waals surface area contributed by atoms with Gasteiger partial charge in [0.15, 0.2) is 23.2 Å². The van der Waals surface area contributed by atoms with Gasteiger partial charge in [0.1, 0.15) is 42.2 Å². The maximum absolute atomic E-state index is 12.6. The number of nitrogens with zero attached hydrogens (tertiary/aromatic N) is 4. The lowest BCUT2D eigenvalue weighted by Crippen LogP contribution is -2.48. The van der Waals surface area contributed by atoms with Crippen LogP contribution in [0.2, 0.25) is 0 Å². The minimum Gasteiger partial charge on any atom is -0.550 e. The zero-order valence-electron chi connectivity index (χ0n) is 22.9. The van der Waals surface area contributed by atoms with Crippen LogP contribution in [0, 0.1) is 0 Å². The Kier molecular flexibility index (Phi) is 12.3. The van der Waals surface area contributed by atoms with Crippen LogP contribution in [-0.2, 0) is 39.5 Å².